The second kappa shape index (κ2) is 8.97. The van der Waals surface area contributed by atoms with Gasteiger partial charge in [0, 0.05) is 13.1 Å². The van der Waals surface area contributed by atoms with E-state index in [0.717, 1.165) is 25.7 Å². The molecule has 0 aliphatic rings. The summed E-state index contributed by atoms with van der Waals surface area (Å²) in [5.74, 6) is -0.130. The van der Waals surface area contributed by atoms with Crippen molar-refractivity contribution in [3.63, 3.8) is 0 Å². The minimum Gasteiger partial charge on any atom is -0.370 e. The van der Waals surface area contributed by atoms with Gasteiger partial charge in [-0.1, -0.05) is 26.7 Å². The van der Waals surface area contributed by atoms with Crippen molar-refractivity contribution in [1.29, 1.82) is 0 Å². The highest BCUT2D eigenvalue weighted by molar-refractivity contribution is 5.71. The average molecular weight is 202 g/mol. The minimum atomic E-state index is -0.158. The van der Waals surface area contributed by atoms with Crippen LogP contribution in [0, 0.1) is 5.92 Å². The van der Waals surface area contributed by atoms with Gasteiger partial charge in [0.05, 0.1) is 5.92 Å². The molecule has 1 unspecified atom stereocenters. The predicted molar refractivity (Wildman–Crippen MR) is 56.5 cm³/mol. The Bertz CT molecular complexity index is 151. The van der Waals surface area contributed by atoms with E-state index in [9.17, 15) is 4.79 Å². The number of hydrogen-bond acceptors (Lipinski definition) is 4. The van der Waals surface area contributed by atoms with Crippen LogP contribution in [0.15, 0.2) is 0 Å². The number of rotatable bonds is 8. The number of carbonyl (C=O) groups excluding carboxylic acids is 1. The number of nitrogens with two attached hydrogens (primary N) is 1. The summed E-state index contributed by atoms with van der Waals surface area (Å²) in [4.78, 5) is 16.3. The molecule has 0 spiro atoms. The van der Waals surface area contributed by atoms with Gasteiger partial charge < -0.3 is 10.6 Å². The van der Waals surface area contributed by atoms with Crippen molar-refractivity contribution in [1.82, 2.24) is 5.48 Å². The molecule has 4 nitrogen and oxygen atoms in total. The van der Waals surface area contributed by atoms with E-state index in [1.807, 2.05) is 6.92 Å². The van der Waals surface area contributed by atoms with Crippen molar-refractivity contribution >= 4 is 5.97 Å². The van der Waals surface area contributed by atoms with Gasteiger partial charge in [0.15, 0.2) is 0 Å². The van der Waals surface area contributed by atoms with Crippen LogP contribution in [-0.2, 0) is 9.63 Å². The molecular formula is C10H22N2O2. The molecule has 1 atom stereocenters. The fraction of sp³-hybridized carbons (Fsp3) is 0.900. The van der Waals surface area contributed by atoms with Gasteiger partial charge in [-0.2, -0.15) is 5.48 Å². The van der Waals surface area contributed by atoms with Crippen LogP contribution in [0.1, 0.15) is 39.5 Å². The minimum absolute atomic E-state index is 0.0280. The van der Waals surface area contributed by atoms with E-state index >= 15 is 0 Å². The number of hydroxylamine groups is 1. The lowest BCUT2D eigenvalue weighted by molar-refractivity contribution is -0.156. The topological polar surface area (TPSA) is 64.3 Å². The standard InChI is InChI=1S/C10H22N2O2/c1-3-5-6-9(4-2)10(13)14-12-8-7-11/h9,12H,3-8,11H2,1-2H3. The monoisotopic (exact) mass is 202 g/mol. The van der Waals surface area contributed by atoms with Gasteiger partial charge in [-0.15, -0.1) is 0 Å². The molecule has 84 valence electrons. The lowest BCUT2D eigenvalue weighted by Crippen LogP contribution is -2.29. The van der Waals surface area contributed by atoms with E-state index in [1.165, 1.54) is 0 Å². The van der Waals surface area contributed by atoms with Crippen LogP contribution >= 0.6 is 0 Å². The Balaban J connectivity index is 3.67. The highest BCUT2D eigenvalue weighted by Gasteiger charge is 2.17. The Labute approximate surface area is 86.1 Å². The second-order valence-corrected chi connectivity index (χ2v) is 3.35. The summed E-state index contributed by atoms with van der Waals surface area (Å²) >= 11 is 0. The van der Waals surface area contributed by atoms with Crippen LogP contribution in [0.5, 0.6) is 0 Å². The Morgan fingerprint density at radius 1 is 1.50 bits per heavy atom. The van der Waals surface area contributed by atoms with Gasteiger partial charge >= 0.3 is 5.97 Å². The highest BCUT2D eigenvalue weighted by Crippen LogP contribution is 2.13. The third-order valence-corrected chi connectivity index (χ3v) is 2.15. The van der Waals surface area contributed by atoms with E-state index in [-0.39, 0.29) is 11.9 Å². The summed E-state index contributed by atoms with van der Waals surface area (Å²) in [5, 5.41) is 0. The third kappa shape index (κ3) is 5.94. The van der Waals surface area contributed by atoms with Gasteiger partial charge in [-0.3, -0.25) is 4.79 Å². The Morgan fingerprint density at radius 3 is 2.71 bits per heavy atom. The van der Waals surface area contributed by atoms with Crippen LogP contribution in [0.4, 0.5) is 0 Å². The molecule has 0 bridgehead atoms. The SMILES string of the molecule is CCCCC(CC)C(=O)ONCCN. The fourth-order valence-corrected chi connectivity index (χ4v) is 1.20. The van der Waals surface area contributed by atoms with E-state index in [2.05, 4.69) is 12.4 Å². The third-order valence-electron chi connectivity index (χ3n) is 2.15. The molecular weight excluding hydrogens is 180 g/mol. The Morgan fingerprint density at radius 2 is 2.21 bits per heavy atom. The first-order chi connectivity index (χ1) is 6.76. The summed E-state index contributed by atoms with van der Waals surface area (Å²) in [7, 11) is 0. The molecule has 0 aromatic rings. The predicted octanol–water partition coefficient (Wildman–Crippen LogP) is 1.21. The van der Waals surface area contributed by atoms with Crippen molar-refractivity contribution in [2.75, 3.05) is 13.1 Å². The normalized spacial score (nSPS) is 12.5. The van der Waals surface area contributed by atoms with E-state index in [1.54, 1.807) is 0 Å². The van der Waals surface area contributed by atoms with E-state index in [4.69, 9.17) is 10.6 Å². The summed E-state index contributed by atoms with van der Waals surface area (Å²) in [6.45, 7) is 5.10. The van der Waals surface area contributed by atoms with Crippen LogP contribution in [0.3, 0.4) is 0 Å². The van der Waals surface area contributed by atoms with Crippen molar-refractivity contribution < 1.29 is 9.63 Å². The number of nitrogens with one attached hydrogen (secondary N) is 1. The van der Waals surface area contributed by atoms with E-state index < -0.39 is 0 Å². The lowest BCUT2D eigenvalue weighted by atomic mass is 10.00. The first-order valence-corrected chi connectivity index (χ1v) is 5.39. The maximum absolute atomic E-state index is 11.4. The molecule has 14 heavy (non-hydrogen) atoms. The van der Waals surface area contributed by atoms with Crippen LogP contribution in [-0.4, -0.2) is 19.1 Å². The average Bonchev–Trinajstić information content (AvgIpc) is 2.19. The molecule has 0 fully saturated rings. The zero-order valence-electron chi connectivity index (χ0n) is 9.21. The first-order valence-electron chi connectivity index (χ1n) is 5.39. The van der Waals surface area contributed by atoms with Crippen molar-refractivity contribution in [2.45, 2.75) is 39.5 Å². The summed E-state index contributed by atoms with van der Waals surface area (Å²) in [5.41, 5.74) is 7.80. The zero-order valence-corrected chi connectivity index (χ0v) is 9.21. The number of hydrogen-bond donors (Lipinski definition) is 2. The molecule has 0 aromatic carbocycles. The highest BCUT2D eigenvalue weighted by atomic mass is 16.7. The van der Waals surface area contributed by atoms with E-state index in [0.29, 0.717) is 13.1 Å². The quantitative estimate of drug-likeness (QED) is 0.458. The summed E-state index contributed by atoms with van der Waals surface area (Å²) in [6.07, 6.45) is 3.93. The number of carbonyl (C=O) groups is 1. The summed E-state index contributed by atoms with van der Waals surface area (Å²) < 4.78 is 0. The molecule has 0 radical (unpaired) electrons. The van der Waals surface area contributed by atoms with Crippen molar-refractivity contribution in [2.24, 2.45) is 11.7 Å². The molecule has 0 amide bonds. The lowest BCUT2D eigenvalue weighted by Gasteiger charge is -2.13. The first kappa shape index (κ1) is 13.4. The molecule has 0 rings (SSSR count). The molecule has 4 heteroatoms. The van der Waals surface area contributed by atoms with Gasteiger partial charge in [0.2, 0.25) is 0 Å². The molecule has 0 heterocycles. The van der Waals surface area contributed by atoms with Crippen LogP contribution in [0.2, 0.25) is 0 Å². The van der Waals surface area contributed by atoms with Gasteiger partial charge in [-0.05, 0) is 12.8 Å². The van der Waals surface area contributed by atoms with Crippen molar-refractivity contribution in [3.05, 3.63) is 0 Å². The van der Waals surface area contributed by atoms with Gasteiger partial charge in [0.1, 0.15) is 0 Å². The smallest absolute Gasteiger partial charge is 0.327 e. The largest absolute Gasteiger partial charge is 0.370 e. The molecule has 3 N–H and O–H groups in total. The van der Waals surface area contributed by atoms with Gasteiger partial charge in [-0.25, -0.2) is 0 Å². The Kier molecular flexibility index (Phi) is 8.57. The maximum Gasteiger partial charge on any atom is 0.327 e. The molecule has 0 saturated heterocycles. The fourth-order valence-electron chi connectivity index (χ4n) is 1.20. The maximum atomic E-state index is 11.4. The number of unbranched alkanes of at least 4 members (excludes halogenated alkanes) is 1. The van der Waals surface area contributed by atoms with Crippen LogP contribution < -0.4 is 11.2 Å². The molecule has 0 aliphatic carbocycles. The molecule has 0 aliphatic heterocycles. The molecule has 0 saturated carbocycles. The van der Waals surface area contributed by atoms with Crippen molar-refractivity contribution in [3.8, 4) is 0 Å². The summed E-state index contributed by atoms with van der Waals surface area (Å²) in [6, 6.07) is 0. The van der Waals surface area contributed by atoms with Crippen LogP contribution in [0.25, 0.3) is 0 Å². The zero-order chi connectivity index (χ0) is 10.8. The molecule has 0 aromatic heterocycles. The van der Waals surface area contributed by atoms with Gasteiger partial charge in [0.25, 0.3) is 0 Å². The Hall–Kier alpha value is -0.610. The second-order valence-electron chi connectivity index (χ2n) is 3.35.